The zero-order valence-corrected chi connectivity index (χ0v) is 20.5. The molecule has 0 fully saturated rings. The van der Waals surface area contributed by atoms with Crippen LogP contribution in [0, 0.1) is 0 Å². The molecule has 0 unspecified atom stereocenters. The molecule has 162 valence electrons. The molecule has 0 saturated heterocycles. The average Bonchev–Trinajstić information content (AvgIpc) is 3.46. The normalized spacial score (nSPS) is 12.5. The number of thiazole rings is 2. The molecule has 0 aliphatic heterocycles. The van der Waals surface area contributed by atoms with Gasteiger partial charge >= 0.3 is 0 Å². The maximum absolute atomic E-state index is 4.85. The number of benzene rings is 4. The van der Waals surface area contributed by atoms with Crippen molar-refractivity contribution in [2.45, 2.75) is 33.2 Å². The fourth-order valence-electron chi connectivity index (χ4n) is 4.86. The summed E-state index contributed by atoms with van der Waals surface area (Å²) in [5.41, 5.74) is 3.88. The molecule has 6 aromatic rings. The Balaban J connectivity index is 1.55. The molecule has 0 saturated carbocycles. The third kappa shape index (κ3) is 3.36. The highest BCUT2D eigenvalue weighted by Gasteiger charge is 2.26. The fourth-order valence-corrected chi connectivity index (χ4v) is 7.27. The molecule has 2 aromatic heterocycles. The average molecular weight is 466 g/mol. The van der Waals surface area contributed by atoms with E-state index in [4.69, 9.17) is 4.98 Å². The van der Waals surface area contributed by atoms with Gasteiger partial charge in [0.05, 0.1) is 20.6 Å². The van der Waals surface area contributed by atoms with Crippen LogP contribution in [0.5, 0.6) is 0 Å². The molecule has 2 nitrogen and oxygen atoms in total. The van der Waals surface area contributed by atoms with Crippen LogP contribution in [0.15, 0.2) is 78.9 Å². The summed E-state index contributed by atoms with van der Waals surface area (Å²) in [5.74, 6) is 0. The van der Waals surface area contributed by atoms with Crippen molar-refractivity contribution in [3.8, 4) is 0 Å². The zero-order valence-electron chi connectivity index (χ0n) is 18.8. The van der Waals surface area contributed by atoms with Crippen LogP contribution in [0.3, 0.4) is 0 Å². The lowest BCUT2D eigenvalue weighted by Gasteiger charge is -2.05. The Morgan fingerprint density at radius 2 is 1.48 bits per heavy atom. The summed E-state index contributed by atoms with van der Waals surface area (Å²) in [4.78, 5) is 4.85. The van der Waals surface area contributed by atoms with Gasteiger partial charge in [0, 0.05) is 17.4 Å². The summed E-state index contributed by atoms with van der Waals surface area (Å²) in [7, 11) is 0. The SMILES string of the molecule is CCC(=CCc1nc2ccccc2s1)c1sc2c3ccccc3c3ccccc3c2[n+]1CC. The lowest BCUT2D eigenvalue weighted by atomic mass is 10.0. The van der Waals surface area contributed by atoms with E-state index in [1.807, 2.05) is 11.3 Å². The molecule has 0 atom stereocenters. The van der Waals surface area contributed by atoms with E-state index >= 15 is 0 Å². The van der Waals surface area contributed by atoms with Crippen molar-refractivity contribution in [2.75, 3.05) is 0 Å². The van der Waals surface area contributed by atoms with Crippen molar-refractivity contribution < 1.29 is 4.57 Å². The minimum Gasteiger partial charge on any atom is -0.241 e. The van der Waals surface area contributed by atoms with Gasteiger partial charge in [-0.1, -0.05) is 78.9 Å². The summed E-state index contributed by atoms with van der Waals surface area (Å²) in [6, 6.07) is 26.1. The Labute approximate surface area is 201 Å². The molecular weight excluding hydrogens is 440 g/mol. The van der Waals surface area contributed by atoms with E-state index in [1.165, 1.54) is 52.0 Å². The van der Waals surface area contributed by atoms with Gasteiger partial charge in [-0.25, -0.2) is 4.98 Å². The number of hydrogen-bond acceptors (Lipinski definition) is 3. The Morgan fingerprint density at radius 1 is 0.818 bits per heavy atom. The molecule has 0 amide bonds. The fraction of sp³-hybridized carbons (Fsp3) is 0.172. The minimum absolute atomic E-state index is 0.877. The molecule has 0 aliphatic rings. The van der Waals surface area contributed by atoms with E-state index in [9.17, 15) is 0 Å². The van der Waals surface area contributed by atoms with E-state index < -0.39 is 0 Å². The number of nitrogens with zero attached hydrogens (tertiary/aromatic N) is 2. The molecule has 4 heteroatoms. The number of aryl methyl sites for hydroxylation is 1. The summed E-state index contributed by atoms with van der Waals surface area (Å²) < 4.78 is 5.19. The van der Waals surface area contributed by atoms with Crippen molar-refractivity contribution in [2.24, 2.45) is 0 Å². The van der Waals surface area contributed by atoms with Crippen LogP contribution in [0.4, 0.5) is 0 Å². The number of hydrogen-bond donors (Lipinski definition) is 0. The van der Waals surface area contributed by atoms with E-state index in [0.29, 0.717) is 0 Å². The number of aromatic nitrogens is 2. The second-order valence-corrected chi connectivity index (χ2v) is 10.4. The molecule has 0 bridgehead atoms. The van der Waals surface area contributed by atoms with Crippen LogP contribution in [-0.2, 0) is 13.0 Å². The van der Waals surface area contributed by atoms with Crippen LogP contribution < -0.4 is 4.57 Å². The number of rotatable bonds is 5. The third-order valence-corrected chi connectivity index (χ3v) is 8.76. The molecule has 0 spiro atoms. The molecule has 4 aromatic carbocycles. The maximum atomic E-state index is 4.85. The first-order valence-electron chi connectivity index (χ1n) is 11.6. The van der Waals surface area contributed by atoms with Crippen molar-refractivity contribution in [1.29, 1.82) is 0 Å². The standard InChI is InChI=1S/C29H25N2S2/c1-3-19(17-18-26-30-24-15-9-10-16-25(24)32-26)29-31(4-2)27-22-13-7-5-11-20(22)21-12-6-8-14-23(21)28(27)33-29/h5-17H,3-4,18H2,1-2H3/q+1. The highest BCUT2D eigenvalue weighted by molar-refractivity contribution is 7.20. The summed E-state index contributed by atoms with van der Waals surface area (Å²) >= 11 is 3.75. The van der Waals surface area contributed by atoms with Gasteiger partial charge in [-0.2, -0.15) is 4.57 Å². The smallest absolute Gasteiger partial charge is 0.241 e. The quantitative estimate of drug-likeness (QED) is 0.185. The lowest BCUT2D eigenvalue weighted by Crippen LogP contribution is -2.34. The lowest BCUT2D eigenvalue weighted by molar-refractivity contribution is -0.665. The first-order valence-corrected chi connectivity index (χ1v) is 13.2. The van der Waals surface area contributed by atoms with Crippen molar-refractivity contribution in [3.05, 3.63) is 88.9 Å². The maximum Gasteiger partial charge on any atom is 0.265 e. The first kappa shape index (κ1) is 20.5. The van der Waals surface area contributed by atoms with Gasteiger partial charge in [0.2, 0.25) is 5.52 Å². The summed E-state index contributed by atoms with van der Waals surface area (Å²) in [6.07, 6.45) is 4.29. The summed E-state index contributed by atoms with van der Waals surface area (Å²) in [5, 5.41) is 7.93. The van der Waals surface area contributed by atoms with Gasteiger partial charge in [-0.15, -0.1) is 11.3 Å². The van der Waals surface area contributed by atoms with Crippen LogP contribution in [0.25, 0.3) is 47.6 Å². The van der Waals surface area contributed by atoms with E-state index in [-0.39, 0.29) is 0 Å². The Bertz CT molecular complexity index is 1640. The second-order valence-electron chi connectivity index (χ2n) is 8.28. The Hall–Kier alpha value is -3.08. The first-order chi connectivity index (χ1) is 16.3. The number of allylic oxidation sites excluding steroid dienone is 2. The van der Waals surface area contributed by atoms with Gasteiger partial charge in [0.1, 0.15) is 11.2 Å². The Kier molecular flexibility index (Phi) is 5.20. The predicted molar refractivity (Wildman–Crippen MR) is 144 cm³/mol. The van der Waals surface area contributed by atoms with Gasteiger partial charge < -0.3 is 0 Å². The Morgan fingerprint density at radius 3 is 2.21 bits per heavy atom. The van der Waals surface area contributed by atoms with Crippen molar-refractivity contribution >= 4 is 70.2 Å². The van der Waals surface area contributed by atoms with Crippen LogP contribution in [-0.4, -0.2) is 4.98 Å². The van der Waals surface area contributed by atoms with E-state index in [2.05, 4.69) is 97.3 Å². The molecule has 0 radical (unpaired) electrons. The highest BCUT2D eigenvalue weighted by atomic mass is 32.1. The van der Waals surface area contributed by atoms with Crippen LogP contribution in [0.2, 0.25) is 0 Å². The predicted octanol–water partition coefficient (Wildman–Crippen LogP) is 8.16. The van der Waals surface area contributed by atoms with Gasteiger partial charge in [0.15, 0.2) is 0 Å². The number of fused-ring (bicyclic) bond motifs is 7. The number of para-hydroxylation sites is 1. The van der Waals surface area contributed by atoms with Gasteiger partial charge in [0.25, 0.3) is 5.01 Å². The molecular formula is C29H25N2S2+. The van der Waals surface area contributed by atoms with Gasteiger partial charge in [-0.3, -0.25) is 0 Å². The zero-order chi connectivity index (χ0) is 22.4. The third-order valence-electron chi connectivity index (χ3n) is 6.41. The van der Waals surface area contributed by atoms with Crippen molar-refractivity contribution in [1.82, 2.24) is 4.98 Å². The van der Waals surface area contributed by atoms with Crippen LogP contribution >= 0.6 is 22.7 Å². The largest absolute Gasteiger partial charge is 0.265 e. The van der Waals surface area contributed by atoms with Crippen molar-refractivity contribution in [3.63, 3.8) is 0 Å². The molecule has 0 aliphatic carbocycles. The monoisotopic (exact) mass is 465 g/mol. The van der Waals surface area contributed by atoms with E-state index in [1.54, 1.807) is 11.3 Å². The second kappa shape index (κ2) is 8.36. The molecule has 0 N–H and O–H groups in total. The molecule has 6 rings (SSSR count). The summed E-state index contributed by atoms with van der Waals surface area (Å²) in [6.45, 7) is 5.49. The molecule has 33 heavy (non-hydrogen) atoms. The van der Waals surface area contributed by atoms with Gasteiger partial charge in [-0.05, 0) is 42.3 Å². The minimum atomic E-state index is 0.877. The van der Waals surface area contributed by atoms with Crippen LogP contribution in [0.1, 0.15) is 30.3 Å². The molecule has 2 heterocycles. The van der Waals surface area contributed by atoms with E-state index in [0.717, 1.165) is 24.9 Å². The topological polar surface area (TPSA) is 16.8 Å². The highest BCUT2D eigenvalue weighted by Crippen LogP contribution is 2.39.